The summed E-state index contributed by atoms with van der Waals surface area (Å²) in [7, 11) is 1.91. The third kappa shape index (κ3) is 1.56. The summed E-state index contributed by atoms with van der Waals surface area (Å²) >= 11 is 0. The Morgan fingerprint density at radius 2 is 2.08 bits per heavy atom. The van der Waals surface area contributed by atoms with E-state index in [4.69, 9.17) is 4.42 Å². The van der Waals surface area contributed by atoms with E-state index in [1.807, 2.05) is 25.2 Å². The number of rotatable bonds is 2. The third-order valence-electron chi connectivity index (χ3n) is 2.01. The SMILES string of the molecule is CNc1cccc(-c2ccoc2)c1. The van der Waals surface area contributed by atoms with E-state index in [-0.39, 0.29) is 0 Å². The summed E-state index contributed by atoms with van der Waals surface area (Å²) in [6, 6.07) is 10.2. The Balaban J connectivity index is 2.41. The van der Waals surface area contributed by atoms with Gasteiger partial charge in [-0.3, -0.25) is 0 Å². The highest BCUT2D eigenvalue weighted by Gasteiger charge is 1.98. The maximum Gasteiger partial charge on any atom is 0.0980 e. The van der Waals surface area contributed by atoms with Crippen molar-refractivity contribution in [2.24, 2.45) is 0 Å². The van der Waals surface area contributed by atoms with Crippen molar-refractivity contribution in [3.05, 3.63) is 42.9 Å². The minimum Gasteiger partial charge on any atom is -0.472 e. The largest absolute Gasteiger partial charge is 0.472 e. The molecular formula is C11H11NO. The van der Waals surface area contributed by atoms with Crippen LogP contribution in [0, 0.1) is 0 Å². The number of hydrogen-bond acceptors (Lipinski definition) is 2. The lowest BCUT2D eigenvalue weighted by molar-refractivity contribution is 0.568. The molecule has 0 spiro atoms. The summed E-state index contributed by atoms with van der Waals surface area (Å²) in [5.74, 6) is 0. The van der Waals surface area contributed by atoms with Gasteiger partial charge in [-0.1, -0.05) is 12.1 Å². The molecule has 0 saturated heterocycles. The molecule has 2 rings (SSSR count). The molecule has 1 N–H and O–H groups in total. The van der Waals surface area contributed by atoms with E-state index in [0.717, 1.165) is 11.3 Å². The van der Waals surface area contributed by atoms with Crippen LogP contribution >= 0.6 is 0 Å². The molecule has 0 fully saturated rings. The first-order valence-electron chi connectivity index (χ1n) is 4.20. The van der Waals surface area contributed by atoms with Gasteiger partial charge in [0.25, 0.3) is 0 Å². The second-order valence-electron chi connectivity index (χ2n) is 2.84. The van der Waals surface area contributed by atoms with Crippen molar-refractivity contribution >= 4 is 5.69 Å². The van der Waals surface area contributed by atoms with Crippen LogP contribution < -0.4 is 5.32 Å². The predicted molar refractivity (Wildman–Crippen MR) is 53.7 cm³/mol. The number of furan rings is 1. The van der Waals surface area contributed by atoms with Gasteiger partial charge in [0.15, 0.2) is 0 Å². The molecule has 0 aliphatic rings. The minimum atomic E-state index is 1.11. The molecule has 0 saturated carbocycles. The van der Waals surface area contributed by atoms with Crippen molar-refractivity contribution in [2.45, 2.75) is 0 Å². The van der Waals surface area contributed by atoms with Gasteiger partial charge in [0.2, 0.25) is 0 Å². The van der Waals surface area contributed by atoms with Crippen molar-refractivity contribution in [3.8, 4) is 11.1 Å². The first kappa shape index (κ1) is 7.92. The van der Waals surface area contributed by atoms with E-state index in [2.05, 4.69) is 17.4 Å². The summed E-state index contributed by atoms with van der Waals surface area (Å²) in [6.07, 6.45) is 3.43. The van der Waals surface area contributed by atoms with Crippen LogP contribution in [0.4, 0.5) is 5.69 Å². The van der Waals surface area contributed by atoms with Gasteiger partial charge in [0.1, 0.15) is 0 Å². The van der Waals surface area contributed by atoms with Crippen LogP contribution in [0.2, 0.25) is 0 Å². The van der Waals surface area contributed by atoms with E-state index in [9.17, 15) is 0 Å². The summed E-state index contributed by atoms with van der Waals surface area (Å²) in [5.41, 5.74) is 3.39. The monoisotopic (exact) mass is 173 g/mol. The zero-order chi connectivity index (χ0) is 9.10. The van der Waals surface area contributed by atoms with Crippen molar-refractivity contribution in [1.82, 2.24) is 0 Å². The van der Waals surface area contributed by atoms with Gasteiger partial charge in [0.05, 0.1) is 12.5 Å². The molecule has 0 amide bonds. The van der Waals surface area contributed by atoms with Crippen LogP contribution in [0.25, 0.3) is 11.1 Å². The molecule has 0 bridgehead atoms. The van der Waals surface area contributed by atoms with Crippen molar-refractivity contribution < 1.29 is 4.42 Å². The molecule has 2 aromatic rings. The topological polar surface area (TPSA) is 25.2 Å². The zero-order valence-electron chi connectivity index (χ0n) is 7.45. The Kier molecular flexibility index (Phi) is 2.04. The highest BCUT2D eigenvalue weighted by Crippen LogP contribution is 2.22. The average Bonchev–Trinajstić information content (AvgIpc) is 2.71. The Hall–Kier alpha value is -1.70. The van der Waals surface area contributed by atoms with Gasteiger partial charge < -0.3 is 9.73 Å². The van der Waals surface area contributed by atoms with E-state index in [1.165, 1.54) is 5.56 Å². The molecule has 1 aromatic heterocycles. The quantitative estimate of drug-likeness (QED) is 0.755. The summed E-state index contributed by atoms with van der Waals surface area (Å²) in [6.45, 7) is 0. The highest BCUT2D eigenvalue weighted by atomic mass is 16.3. The van der Waals surface area contributed by atoms with Crippen LogP contribution in [-0.2, 0) is 0 Å². The van der Waals surface area contributed by atoms with Gasteiger partial charge in [-0.25, -0.2) is 0 Å². The fraction of sp³-hybridized carbons (Fsp3) is 0.0909. The first-order chi connectivity index (χ1) is 6.40. The summed E-state index contributed by atoms with van der Waals surface area (Å²) in [4.78, 5) is 0. The summed E-state index contributed by atoms with van der Waals surface area (Å²) < 4.78 is 5.02. The van der Waals surface area contributed by atoms with E-state index in [1.54, 1.807) is 12.5 Å². The lowest BCUT2D eigenvalue weighted by Gasteiger charge is -2.01. The molecule has 2 nitrogen and oxygen atoms in total. The molecule has 13 heavy (non-hydrogen) atoms. The average molecular weight is 173 g/mol. The molecular weight excluding hydrogens is 162 g/mol. The minimum absolute atomic E-state index is 1.11. The van der Waals surface area contributed by atoms with Gasteiger partial charge >= 0.3 is 0 Å². The molecule has 0 aliphatic heterocycles. The van der Waals surface area contributed by atoms with E-state index in [0.29, 0.717) is 0 Å². The van der Waals surface area contributed by atoms with Gasteiger partial charge in [-0.05, 0) is 23.8 Å². The van der Waals surface area contributed by atoms with E-state index >= 15 is 0 Å². The van der Waals surface area contributed by atoms with E-state index < -0.39 is 0 Å². The van der Waals surface area contributed by atoms with Crippen LogP contribution in [0.15, 0.2) is 47.3 Å². The molecule has 66 valence electrons. The standard InChI is InChI=1S/C11H11NO/c1-12-11-4-2-3-9(7-11)10-5-6-13-8-10/h2-8,12H,1H3. The van der Waals surface area contributed by atoms with Crippen LogP contribution in [-0.4, -0.2) is 7.05 Å². The number of hydrogen-bond donors (Lipinski definition) is 1. The van der Waals surface area contributed by atoms with Gasteiger partial charge in [-0.15, -0.1) is 0 Å². The van der Waals surface area contributed by atoms with Gasteiger partial charge in [0, 0.05) is 18.3 Å². The number of nitrogens with one attached hydrogen (secondary N) is 1. The maximum absolute atomic E-state index is 5.02. The number of anilines is 1. The Labute approximate surface area is 77.2 Å². The first-order valence-corrected chi connectivity index (χ1v) is 4.20. The molecule has 1 aromatic carbocycles. The fourth-order valence-electron chi connectivity index (χ4n) is 1.28. The smallest absolute Gasteiger partial charge is 0.0980 e. The Bertz CT molecular complexity index is 379. The van der Waals surface area contributed by atoms with Crippen molar-refractivity contribution in [3.63, 3.8) is 0 Å². The molecule has 0 atom stereocenters. The molecule has 0 radical (unpaired) electrons. The van der Waals surface area contributed by atoms with Crippen LogP contribution in [0.1, 0.15) is 0 Å². The Morgan fingerprint density at radius 1 is 1.15 bits per heavy atom. The maximum atomic E-state index is 5.02. The molecule has 0 unspecified atom stereocenters. The predicted octanol–water partition coefficient (Wildman–Crippen LogP) is 2.99. The second-order valence-corrected chi connectivity index (χ2v) is 2.84. The van der Waals surface area contributed by atoms with Crippen LogP contribution in [0.3, 0.4) is 0 Å². The van der Waals surface area contributed by atoms with Gasteiger partial charge in [-0.2, -0.15) is 0 Å². The second kappa shape index (κ2) is 3.35. The lowest BCUT2D eigenvalue weighted by atomic mass is 10.1. The third-order valence-corrected chi connectivity index (χ3v) is 2.01. The molecule has 0 aliphatic carbocycles. The molecule has 1 heterocycles. The normalized spacial score (nSPS) is 9.92. The highest BCUT2D eigenvalue weighted by molar-refractivity contribution is 5.66. The number of benzene rings is 1. The van der Waals surface area contributed by atoms with Crippen molar-refractivity contribution in [2.75, 3.05) is 12.4 Å². The van der Waals surface area contributed by atoms with Crippen molar-refractivity contribution in [1.29, 1.82) is 0 Å². The zero-order valence-corrected chi connectivity index (χ0v) is 7.45. The fourth-order valence-corrected chi connectivity index (χ4v) is 1.28. The summed E-state index contributed by atoms with van der Waals surface area (Å²) in [5, 5.41) is 3.10. The molecule has 2 heteroatoms. The lowest BCUT2D eigenvalue weighted by Crippen LogP contribution is -1.86. The Morgan fingerprint density at radius 3 is 2.77 bits per heavy atom. The van der Waals surface area contributed by atoms with Crippen LogP contribution in [0.5, 0.6) is 0 Å².